The van der Waals surface area contributed by atoms with E-state index >= 15 is 0 Å². The van der Waals surface area contributed by atoms with Crippen LogP contribution in [0.4, 0.5) is 0 Å². The third-order valence-corrected chi connectivity index (χ3v) is 4.39. The summed E-state index contributed by atoms with van der Waals surface area (Å²) in [6.45, 7) is 4.43. The number of aromatic amines is 1. The normalized spacial score (nSPS) is 19.9. The molecule has 1 aromatic carbocycles. The molecule has 120 valence electrons. The summed E-state index contributed by atoms with van der Waals surface area (Å²) in [6, 6.07) is 8.47. The first kappa shape index (κ1) is 14.5. The highest BCUT2D eigenvalue weighted by Gasteiger charge is 2.20. The number of imidazole rings is 1. The van der Waals surface area contributed by atoms with Crippen LogP contribution in [-0.4, -0.2) is 41.2 Å². The number of ether oxygens (including phenoxy) is 1. The Bertz CT molecular complexity index is 751. The van der Waals surface area contributed by atoms with Crippen molar-refractivity contribution in [3.8, 4) is 0 Å². The van der Waals surface area contributed by atoms with Gasteiger partial charge in [-0.3, -0.25) is 4.90 Å². The number of hydrogen-bond acceptors (Lipinski definition) is 4. The summed E-state index contributed by atoms with van der Waals surface area (Å²) in [5.74, 6) is 1.50. The molecule has 3 heterocycles. The summed E-state index contributed by atoms with van der Waals surface area (Å²) in [6.07, 6.45) is 6.43. The Morgan fingerprint density at radius 3 is 3.22 bits per heavy atom. The monoisotopic (exact) mass is 311 g/mol. The summed E-state index contributed by atoms with van der Waals surface area (Å²) in [4.78, 5) is 9.93. The van der Waals surface area contributed by atoms with Crippen LogP contribution in [0.5, 0.6) is 0 Å². The first-order valence-electron chi connectivity index (χ1n) is 8.11. The number of benzene rings is 1. The van der Waals surface area contributed by atoms with Crippen LogP contribution in [0.15, 0.2) is 47.3 Å². The van der Waals surface area contributed by atoms with Gasteiger partial charge in [0.1, 0.15) is 11.4 Å². The van der Waals surface area contributed by atoms with Gasteiger partial charge in [0.05, 0.1) is 26.0 Å². The molecule has 1 atom stereocenters. The summed E-state index contributed by atoms with van der Waals surface area (Å²) < 4.78 is 11.3. The molecule has 1 fully saturated rings. The van der Waals surface area contributed by atoms with E-state index in [-0.39, 0.29) is 0 Å². The first-order valence-corrected chi connectivity index (χ1v) is 8.11. The summed E-state index contributed by atoms with van der Waals surface area (Å²) in [5.41, 5.74) is 2.27. The average molecular weight is 311 g/mol. The molecule has 23 heavy (non-hydrogen) atoms. The summed E-state index contributed by atoms with van der Waals surface area (Å²) in [7, 11) is 0. The zero-order chi connectivity index (χ0) is 15.5. The van der Waals surface area contributed by atoms with Crippen LogP contribution in [0.3, 0.4) is 0 Å². The van der Waals surface area contributed by atoms with Crippen LogP contribution in [0.2, 0.25) is 0 Å². The number of nitrogens with zero attached hydrogens (tertiary/aromatic N) is 2. The molecule has 0 spiro atoms. The molecular weight excluding hydrogens is 290 g/mol. The van der Waals surface area contributed by atoms with E-state index in [1.54, 1.807) is 12.5 Å². The Balaban J connectivity index is 1.44. The smallest absolute Gasteiger partial charge is 0.134 e. The SMILES string of the molecule is c1c[nH]c(CN2CCOCC(Cc3ccc4ccoc4c3)C2)n1. The van der Waals surface area contributed by atoms with Crippen molar-refractivity contribution in [2.75, 3.05) is 26.3 Å². The molecule has 0 amide bonds. The van der Waals surface area contributed by atoms with Crippen LogP contribution < -0.4 is 0 Å². The van der Waals surface area contributed by atoms with Gasteiger partial charge in [0, 0.05) is 30.9 Å². The number of aromatic nitrogens is 2. The Kier molecular flexibility index (Phi) is 4.13. The number of fused-ring (bicyclic) bond motifs is 1. The fourth-order valence-electron chi connectivity index (χ4n) is 3.28. The van der Waals surface area contributed by atoms with Gasteiger partial charge in [-0.05, 0) is 30.0 Å². The van der Waals surface area contributed by atoms with Gasteiger partial charge in [0.25, 0.3) is 0 Å². The predicted molar refractivity (Wildman–Crippen MR) is 88.1 cm³/mol. The second kappa shape index (κ2) is 6.56. The fraction of sp³-hybridized carbons (Fsp3) is 0.389. The summed E-state index contributed by atoms with van der Waals surface area (Å²) in [5, 5.41) is 1.16. The standard InChI is InChI=1S/C18H21N3O2/c1-2-16-3-7-23-17(16)10-14(1)9-15-11-21(6-8-22-13-15)12-18-19-4-5-20-18/h1-5,7,10,15H,6,8-9,11-13H2,(H,19,20). The lowest BCUT2D eigenvalue weighted by atomic mass is 9.99. The second-order valence-electron chi connectivity index (χ2n) is 6.21. The molecule has 2 aromatic heterocycles. The summed E-state index contributed by atoms with van der Waals surface area (Å²) >= 11 is 0. The zero-order valence-corrected chi connectivity index (χ0v) is 13.1. The number of rotatable bonds is 4. The van der Waals surface area contributed by atoms with Crippen LogP contribution >= 0.6 is 0 Å². The largest absolute Gasteiger partial charge is 0.464 e. The van der Waals surface area contributed by atoms with Crippen molar-refractivity contribution in [2.45, 2.75) is 13.0 Å². The van der Waals surface area contributed by atoms with Crippen LogP contribution in [0.25, 0.3) is 11.0 Å². The van der Waals surface area contributed by atoms with E-state index in [4.69, 9.17) is 9.15 Å². The maximum Gasteiger partial charge on any atom is 0.134 e. The highest BCUT2D eigenvalue weighted by molar-refractivity contribution is 5.77. The number of nitrogens with one attached hydrogen (secondary N) is 1. The second-order valence-corrected chi connectivity index (χ2v) is 6.21. The van der Waals surface area contributed by atoms with Crippen molar-refractivity contribution in [3.63, 3.8) is 0 Å². The van der Waals surface area contributed by atoms with Crippen LogP contribution in [0, 0.1) is 5.92 Å². The molecule has 0 radical (unpaired) electrons. The minimum absolute atomic E-state index is 0.486. The Labute approximate surface area is 135 Å². The van der Waals surface area contributed by atoms with Gasteiger partial charge >= 0.3 is 0 Å². The highest BCUT2D eigenvalue weighted by atomic mass is 16.5. The third kappa shape index (κ3) is 3.46. The number of furan rings is 1. The third-order valence-electron chi connectivity index (χ3n) is 4.39. The zero-order valence-electron chi connectivity index (χ0n) is 13.1. The van der Waals surface area contributed by atoms with Gasteiger partial charge in [-0.15, -0.1) is 0 Å². The Morgan fingerprint density at radius 2 is 2.30 bits per heavy atom. The molecule has 1 unspecified atom stereocenters. The molecule has 1 saturated heterocycles. The topological polar surface area (TPSA) is 54.3 Å². The Morgan fingerprint density at radius 1 is 1.30 bits per heavy atom. The van der Waals surface area contributed by atoms with Gasteiger partial charge in [0.2, 0.25) is 0 Å². The van der Waals surface area contributed by atoms with E-state index < -0.39 is 0 Å². The van der Waals surface area contributed by atoms with Crippen molar-refractivity contribution < 1.29 is 9.15 Å². The van der Waals surface area contributed by atoms with Crippen LogP contribution in [-0.2, 0) is 17.7 Å². The van der Waals surface area contributed by atoms with Crippen molar-refractivity contribution >= 4 is 11.0 Å². The first-order chi connectivity index (χ1) is 11.4. The van der Waals surface area contributed by atoms with Crippen molar-refractivity contribution in [3.05, 3.63) is 54.3 Å². The van der Waals surface area contributed by atoms with E-state index in [9.17, 15) is 0 Å². The molecule has 0 bridgehead atoms. The Hall–Kier alpha value is -2.11. The maximum absolute atomic E-state index is 5.81. The molecule has 4 rings (SSSR count). The van der Waals surface area contributed by atoms with E-state index in [0.717, 1.165) is 56.1 Å². The molecule has 0 saturated carbocycles. The van der Waals surface area contributed by atoms with E-state index in [1.165, 1.54) is 5.56 Å². The van der Waals surface area contributed by atoms with Gasteiger partial charge in [-0.2, -0.15) is 0 Å². The lowest BCUT2D eigenvalue weighted by molar-refractivity contribution is 0.121. The molecule has 1 aliphatic rings. The minimum atomic E-state index is 0.486. The minimum Gasteiger partial charge on any atom is -0.464 e. The van der Waals surface area contributed by atoms with Crippen molar-refractivity contribution in [1.82, 2.24) is 14.9 Å². The van der Waals surface area contributed by atoms with Crippen LogP contribution in [0.1, 0.15) is 11.4 Å². The van der Waals surface area contributed by atoms with E-state index in [1.807, 2.05) is 12.3 Å². The predicted octanol–water partition coefficient (Wildman–Crippen LogP) is 2.85. The van der Waals surface area contributed by atoms with Gasteiger partial charge < -0.3 is 14.1 Å². The highest BCUT2D eigenvalue weighted by Crippen LogP contribution is 2.20. The van der Waals surface area contributed by atoms with Crippen molar-refractivity contribution in [1.29, 1.82) is 0 Å². The molecule has 1 N–H and O–H groups in total. The number of H-pyrrole nitrogens is 1. The molecule has 5 nitrogen and oxygen atoms in total. The van der Waals surface area contributed by atoms with Crippen molar-refractivity contribution in [2.24, 2.45) is 5.92 Å². The molecule has 5 heteroatoms. The molecule has 0 aliphatic carbocycles. The molecule has 3 aromatic rings. The maximum atomic E-state index is 5.81. The van der Waals surface area contributed by atoms with Gasteiger partial charge in [0.15, 0.2) is 0 Å². The quantitative estimate of drug-likeness (QED) is 0.805. The van der Waals surface area contributed by atoms with E-state index in [0.29, 0.717) is 5.92 Å². The molecule has 1 aliphatic heterocycles. The van der Waals surface area contributed by atoms with E-state index in [2.05, 4.69) is 33.1 Å². The van der Waals surface area contributed by atoms with Gasteiger partial charge in [-0.25, -0.2) is 4.98 Å². The lowest BCUT2D eigenvalue weighted by Gasteiger charge is -2.22. The number of hydrogen-bond donors (Lipinski definition) is 1. The fourth-order valence-corrected chi connectivity index (χ4v) is 3.28. The lowest BCUT2D eigenvalue weighted by Crippen LogP contribution is -2.30. The average Bonchev–Trinajstić information content (AvgIpc) is 3.17. The molecular formula is C18H21N3O2. The van der Waals surface area contributed by atoms with Gasteiger partial charge in [-0.1, -0.05) is 12.1 Å².